The van der Waals surface area contributed by atoms with Gasteiger partial charge in [-0.3, -0.25) is 0 Å². The maximum atomic E-state index is 12.1. The summed E-state index contributed by atoms with van der Waals surface area (Å²) in [5.41, 5.74) is 0.642. The van der Waals surface area contributed by atoms with Gasteiger partial charge in [0, 0.05) is 18.6 Å². The first-order valence-corrected chi connectivity index (χ1v) is 8.04. The molecule has 0 bridgehead atoms. The topological polar surface area (TPSA) is 66.4 Å². The van der Waals surface area contributed by atoms with Crippen molar-refractivity contribution in [2.45, 2.75) is 38.5 Å². The lowest BCUT2D eigenvalue weighted by Crippen LogP contribution is -2.39. The summed E-state index contributed by atoms with van der Waals surface area (Å²) in [5, 5.41) is 9.45. The van der Waals surface area contributed by atoms with E-state index in [-0.39, 0.29) is 23.5 Å². The number of nitrogens with one attached hydrogen (secondary N) is 1. The van der Waals surface area contributed by atoms with Gasteiger partial charge in [-0.15, -0.1) is 0 Å². The summed E-state index contributed by atoms with van der Waals surface area (Å²) >= 11 is 0. The second-order valence-corrected chi connectivity index (χ2v) is 6.77. The Labute approximate surface area is 115 Å². The lowest BCUT2D eigenvalue weighted by molar-refractivity contribution is 0.119. The quantitative estimate of drug-likeness (QED) is 0.806. The van der Waals surface area contributed by atoms with E-state index in [0.29, 0.717) is 0 Å². The third-order valence-corrected chi connectivity index (χ3v) is 5.22. The predicted molar refractivity (Wildman–Crippen MR) is 76.5 cm³/mol. The van der Waals surface area contributed by atoms with Crippen LogP contribution in [0.25, 0.3) is 0 Å². The lowest BCUT2D eigenvalue weighted by Gasteiger charge is -2.29. The Morgan fingerprint density at radius 1 is 1.16 bits per heavy atom. The fourth-order valence-electron chi connectivity index (χ4n) is 1.83. The summed E-state index contributed by atoms with van der Waals surface area (Å²) in [5.74, 6) is 0. The van der Waals surface area contributed by atoms with Crippen LogP contribution < -0.4 is 4.72 Å². The molecule has 0 amide bonds. The molecule has 0 aromatic heterocycles. The fourth-order valence-corrected chi connectivity index (χ4v) is 2.99. The predicted octanol–water partition coefficient (Wildman–Crippen LogP) is 2.07. The number of sulfonamides is 1. The Balaban J connectivity index is 2.83. The van der Waals surface area contributed by atoms with E-state index in [9.17, 15) is 13.5 Å². The van der Waals surface area contributed by atoms with E-state index in [1.165, 1.54) is 0 Å². The highest BCUT2D eigenvalue weighted by Gasteiger charge is 2.27. The Morgan fingerprint density at radius 3 is 2.11 bits per heavy atom. The second-order valence-electron chi connectivity index (χ2n) is 5.00. The van der Waals surface area contributed by atoms with Crippen molar-refractivity contribution in [3.8, 4) is 0 Å². The Kier molecular flexibility index (Phi) is 5.52. The molecule has 0 heterocycles. The number of rotatable bonds is 7. The zero-order valence-corrected chi connectivity index (χ0v) is 12.6. The zero-order valence-electron chi connectivity index (χ0n) is 11.8. The van der Waals surface area contributed by atoms with Gasteiger partial charge in [-0.25, -0.2) is 13.1 Å². The first-order chi connectivity index (χ1) is 8.89. The van der Waals surface area contributed by atoms with Crippen LogP contribution in [0.3, 0.4) is 0 Å². The van der Waals surface area contributed by atoms with Crippen LogP contribution in [0.5, 0.6) is 0 Å². The Morgan fingerprint density at radius 2 is 1.68 bits per heavy atom. The molecule has 2 N–H and O–H groups in total. The van der Waals surface area contributed by atoms with Crippen LogP contribution in [0.2, 0.25) is 0 Å². The standard InChI is InChI=1S/C14H23NO3S/c1-4-14(5-2,11-16)10-15-19(17,18)13-8-6-12(3)7-9-13/h6-9,15-16H,4-5,10-11H2,1-3H3. The molecule has 0 radical (unpaired) electrons. The van der Waals surface area contributed by atoms with E-state index in [1.54, 1.807) is 24.3 Å². The summed E-state index contributed by atoms with van der Waals surface area (Å²) in [4.78, 5) is 0.261. The summed E-state index contributed by atoms with van der Waals surface area (Å²) in [6.07, 6.45) is 1.47. The van der Waals surface area contributed by atoms with E-state index < -0.39 is 10.0 Å². The molecular weight excluding hydrogens is 262 g/mol. The molecule has 5 heteroatoms. The van der Waals surface area contributed by atoms with Gasteiger partial charge in [0.1, 0.15) is 0 Å². The van der Waals surface area contributed by atoms with Gasteiger partial charge in [-0.2, -0.15) is 0 Å². The first-order valence-electron chi connectivity index (χ1n) is 6.56. The van der Waals surface area contributed by atoms with Gasteiger partial charge < -0.3 is 5.11 Å². The van der Waals surface area contributed by atoms with Crippen molar-refractivity contribution in [3.63, 3.8) is 0 Å². The van der Waals surface area contributed by atoms with Crippen LogP contribution in [0.4, 0.5) is 0 Å². The van der Waals surface area contributed by atoms with E-state index in [0.717, 1.165) is 18.4 Å². The Hall–Kier alpha value is -0.910. The molecule has 0 aliphatic rings. The summed E-state index contributed by atoms with van der Waals surface area (Å²) < 4.78 is 26.9. The number of benzene rings is 1. The number of hydrogen-bond acceptors (Lipinski definition) is 3. The van der Waals surface area contributed by atoms with E-state index >= 15 is 0 Å². The molecule has 4 nitrogen and oxygen atoms in total. The SMILES string of the molecule is CCC(CC)(CO)CNS(=O)(=O)c1ccc(C)cc1. The molecule has 0 fully saturated rings. The van der Waals surface area contributed by atoms with Crippen molar-refractivity contribution < 1.29 is 13.5 Å². The molecule has 0 unspecified atom stereocenters. The Bertz CT molecular complexity index is 482. The maximum absolute atomic E-state index is 12.1. The van der Waals surface area contributed by atoms with E-state index in [4.69, 9.17) is 0 Å². The molecule has 1 aromatic rings. The fraction of sp³-hybridized carbons (Fsp3) is 0.571. The average Bonchev–Trinajstić information content (AvgIpc) is 2.41. The van der Waals surface area contributed by atoms with Crippen LogP contribution in [-0.2, 0) is 10.0 Å². The minimum absolute atomic E-state index is 0.0174. The number of aryl methyl sites for hydroxylation is 1. The molecule has 0 aliphatic heterocycles. The van der Waals surface area contributed by atoms with Crippen molar-refractivity contribution in [2.75, 3.05) is 13.2 Å². The minimum atomic E-state index is -3.50. The van der Waals surface area contributed by atoms with Gasteiger partial charge in [0.05, 0.1) is 4.90 Å². The van der Waals surface area contributed by atoms with Crippen LogP contribution in [-0.4, -0.2) is 26.7 Å². The van der Waals surface area contributed by atoms with Crippen molar-refractivity contribution >= 4 is 10.0 Å². The first kappa shape index (κ1) is 16.1. The van der Waals surface area contributed by atoms with E-state index in [1.807, 2.05) is 20.8 Å². The van der Waals surface area contributed by atoms with Crippen molar-refractivity contribution in [3.05, 3.63) is 29.8 Å². The van der Waals surface area contributed by atoms with Crippen LogP contribution in [0, 0.1) is 12.3 Å². The average molecular weight is 285 g/mol. The molecule has 19 heavy (non-hydrogen) atoms. The molecule has 0 aliphatic carbocycles. The van der Waals surface area contributed by atoms with Crippen LogP contribution >= 0.6 is 0 Å². The monoisotopic (exact) mass is 285 g/mol. The van der Waals surface area contributed by atoms with Gasteiger partial charge in [-0.05, 0) is 31.9 Å². The highest BCUT2D eigenvalue weighted by molar-refractivity contribution is 7.89. The summed E-state index contributed by atoms with van der Waals surface area (Å²) in [7, 11) is -3.50. The number of aliphatic hydroxyl groups excluding tert-OH is 1. The summed E-state index contributed by atoms with van der Waals surface area (Å²) in [6.45, 7) is 6.07. The lowest BCUT2D eigenvalue weighted by atomic mass is 9.84. The molecule has 0 spiro atoms. The van der Waals surface area contributed by atoms with Gasteiger partial charge in [-0.1, -0.05) is 31.5 Å². The molecular formula is C14H23NO3S. The molecule has 1 aromatic carbocycles. The third kappa shape index (κ3) is 4.03. The third-order valence-electron chi connectivity index (χ3n) is 3.80. The van der Waals surface area contributed by atoms with Crippen molar-refractivity contribution in [1.29, 1.82) is 0 Å². The van der Waals surface area contributed by atoms with Crippen LogP contribution in [0.1, 0.15) is 32.3 Å². The number of hydrogen-bond donors (Lipinski definition) is 2. The van der Waals surface area contributed by atoms with Gasteiger partial charge >= 0.3 is 0 Å². The highest BCUT2D eigenvalue weighted by atomic mass is 32.2. The molecule has 108 valence electrons. The molecule has 0 atom stereocenters. The normalized spacial score (nSPS) is 12.6. The molecule has 1 rings (SSSR count). The zero-order chi connectivity index (χ0) is 14.5. The summed E-state index contributed by atoms with van der Waals surface area (Å²) in [6, 6.07) is 6.73. The van der Waals surface area contributed by atoms with E-state index in [2.05, 4.69) is 4.72 Å². The van der Waals surface area contributed by atoms with Crippen molar-refractivity contribution in [2.24, 2.45) is 5.41 Å². The van der Waals surface area contributed by atoms with Gasteiger partial charge in [0.15, 0.2) is 0 Å². The smallest absolute Gasteiger partial charge is 0.240 e. The van der Waals surface area contributed by atoms with Crippen LogP contribution in [0.15, 0.2) is 29.2 Å². The molecule has 0 saturated carbocycles. The largest absolute Gasteiger partial charge is 0.396 e. The molecule has 0 saturated heterocycles. The minimum Gasteiger partial charge on any atom is -0.396 e. The second kappa shape index (κ2) is 6.50. The number of aliphatic hydroxyl groups is 1. The van der Waals surface area contributed by atoms with Crippen molar-refractivity contribution in [1.82, 2.24) is 4.72 Å². The maximum Gasteiger partial charge on any atom is 0.240 e. The van der Waals surface area contributed by atoms with Gasteiger partial charge in [0.25, 0.3) is 0 Å². The highest BCUT2D eigenvalue weighted by Crippen LogP contribution is 2.25. The van der Waals surface area contributed by atoms with Gasteiger partial charge in [0.2, 0.25) is 10.0 Å².